The summed E-state index contributed by atoms with van der Waals surface area (Å²) in [5, 5.41) is 1.31. The fourth-order valence-electron chi connectivity index (χ4n) is 1.84. The molecule has 0 aromatic heterocycles. The van der Waals surface area contributed by atoms with E-state index in [1.807, 2.05) is 48.5 Å². The van der Waals surface area contributed by atoms with Crippen molar-refractivity contribution in [2.45, 2.75) is 12.1 Å². The minimum atomic E-state index is -0.317. The van der Waals surface area contributed by atoms with Gasteiger partial charge in [0.1, 0.15) is 0 Å². The van der Waals surface area contributed by atoms with Gasteiger partial charge in [-0.15, -0.1) is 0 Å². The van der Waals surface area contributed by atoms with Crippen molar-refractivity contribution < 1.29 is 0 Å². The Kier molecular flexibility index (Phi) is 4.25. The molecule has 2 nitrogen and oxygen atoms in total. The van der Waals surface area contributed by atoms with E-state index in [0.29, 0.717) is 10.0 Å². The summed E-state index contributed by atoms with van der Waals surface area (Å²) in [6.45, 7) is 0. The van der Waals surface area contributed by atoms with E-state index >= 15 is 0 Å². The molecule has 0 aliphatic heterocycles. The van der Waals surface area contributed by atoms with Gasteiger partial charge < -0.3 is 11.5 Å². The normalized spacial score (nSPS) is 14.2. The van der Waals surface area contributed by atoms with E-state index in [-0.39, 0.29) is 12.1 Å². The number of rotatable bonds is 3. The molecular formula is C14H14Cl2N2. The lowest BCUT2D eigenvalue weighted by molar-refractivity contribution is 0.574. The molecule has 4 N–H and O–H groups in total. The van der Waals surface area contributed by atoms with Crippen molar-refractivity contribution in [1.29, 1.82) is 0 Å². The van der Waals surface area contributed by atoms with Crippen LogP contribution in [-0.2, 0) is 0 Å². The topological polar surface area (TPSA) is 52.0 Å². The van der Waals surface area contributed by atoms with E-state index in [1.165, 1.54) is 0 Å². The van der Waals surface area contributed by atoms with Gasteiger partial charge in [-0.25, -0.2) is 0 Å². The van der Waals surface area contributed by atoms with Crippen molar-refractivity contribution in [3.05, 3.63) is 69.7 Å². The second-order valence-corrected chi connectivity index (χ2v) is 5.03. The lowest BCUT2D eigenvalue weighted by Gasteiger charge is -2.21. The van der Waals surface area contributed by atoms with Crippen LogP contribution in [0.1, 0.15) is 23.2 Å². The quantitative estimate of drug-likeness (QED) is 0.901. The maximum atomic E-state index is 6.16. The highest BCUT2D eigenvalue weighted by Gasteiger charge is 2.17. The van der Waals surface area contributed by atoms with Crippen molar-refractivity contribution in [1.82, 2.24) is 0 Å². The van der Waals surface area contributed by atoms with Gasteiger partial charge in [0, 0.05) is 22.1 Å². The Hall–Kier alpha value is -1.06. The molecule has 2 aromatic rings. The molecule has 0 aliphatic carbocycles. The molecule has 2 aromatic carbocycles. The van der Waals surface area contributed by atoms with E-state index < -0.39 is 0 Å². The molecule has 18 heavy (non-hydrogen) atoms. The molecule has 94 valence electrons. The van der Waals surface area contributed by atoms with E-state index in [9.17, 15) is 0 Å². The smallest absolute Gasteiger partial charge is 0.0491 e. The van der Waals surface area contributed by atoms with E-state index in [0.717, 1.165) is 11.1 Å². The predicted octanol–water partition coefficient (Wildman–Crippen LogP) is 3.69. The molecular weight excluding hydrogens is 267 g/mol. The molecule has 2 rings (SSSR count). The zero-order chi connectivity index (χ0) is 13.1. The fraction of sp³-hybridized carbons (Fsp3) is 0.143. The third-order valence-electron chi connectivity index (χ3n) is 2.85. The molecule has 0 saturated heterocycles. The van der Waals surface area contributed by atoms with Crippen LogP contribution < -0.4 is 11.5 Å². The molecule has 0 aliphatic rings. The predicted molar refractivity (Wildman–Crippen MR) is 76.8 cm³/mol. The molecule has 0 heterocycles. The van der Waals surface area contributed by atoms with E-state index in [4.69, 9.17) is 34.7 Å². The maximum Gasteiger partial charge on any atom is 0.0491 e. The van der Waals surface area contributed by atoms with Crippen LogP contribution in [0.4, 0.5) is 0 Å². The molecule has 0 unspecified atom stereocenters. The average molecular weight is 281 g/mol. The third kappa shape index (κ3) is 3.03. The summed E-state index contributed by atoms with van der Waals surface area (Å²) in [6.07, 6.45) is 0. The molecule has 4 heteroatoms. The first kappa shape index (κ1) is 13.4. The summed E-state index contributed by atoms with van der Waals surface area (Å²) >= 11 is 11.9. The van der Waals surface area contributed by atoms with Gasteiger partial charge in [-0.05, 0) is 35.4 Å². The lowest BCUT2D eigenvalue weighted by Crippen LogP contribution is -2.26. The van der Waals surface area contributed by atoms with Gasteiger partial charge in [-0.1, -0.05) is 47.5 Å². The monoisotopic (exact) mass is 280 g/mol. The molecule has 0 fully saturated rings. The number of halogens is 2. The van der Waals surface area contributed by atoms with E-state index in [2.05, 4.69) is 0 Å². The summed E-state index contributed by atoms with van der Waals surface area (Å²) in [7, 11) is 0. The number of nitrogens with two attached hydrogens (primary N) is 2. The minimum absolute atomic E-state index is 0.317. The van der Waals surface area contributed by atoms with Crippen molar-refractivity contribution in [2.75, 3.05) is 0 Å². The largest absolute Gasteiger partial charge is 0.322 e. The van der Waals surface area contributed by atoms with Gasteiger partial charge in [0.05, 0.1) is 0 Å². The zero-order valence-corrected chi connectivity index (χ0v) is 11.2. The minimum Gasteiger partial charge on any atom is -0.322 e. The Morgan fingerprint density at radius 1 is 0.722 bits per heavy atom. The lowest BCUT2D eigenvalue weighted by atomic mass is 9.95. The van der Waals surface area contributed by atoms with Gasteiger partial charge >= 0.3 is 0 Å². The average Bonchev–Trinajstić information content (AvgIpc) is 2.37. The number of hydrogen-bond donors (Lipinski definition) is 2. The first-order chi connectivity index (χ1) is 8.58. The molecule has 0 spiro atoms. The highest BCUT2D eigenvalue weighted by Crippen LogP contribution is 2.27. The van der Waals surface area contributed by atoms with Gasteiger partial charge in [-0.3, -0.25) is 0 Å². The first-order valence-corrected chi connectivity index (χ1v) is 6.35. The van der Waals surface area contributed by atoms with Gasteiger partial charge in [-0.2, -0.15) is 0 Å². The van der Waals surface area contributed by atoms with Gasteiger partial charge in [0.2, 0.25) is 0 Å². The van der Waals surface area contributed by atoms with Crippen LogP contribution >= 0.6 is 23.2 Å². The fourth-order valence-corrected chi connectivity index (χ4v) is 2.24. The summed E-state index contributed by atoms with van der Waals surface area (Å²) in [4.78, 5) is 0. The second-order valence-electron chi connectivity index (χ2n) is 4.16. The molecule has 0 amide bonds. The zero-order valence-electron chi connectivity index (χ0n) is 9.68. The Balaban J connectivity index is 2.26. The molecule has 0 radical (unpaired) electrons. The van der Waals surface area contributed by atoms with Crippen LogP contribution in [0.2, 0.25) is 10.0 Å². The molecule has 0 bridgehead atoms. The number of hydrogen-bond acceptors (Lipinski definition) is 2. The third-order valence-corrected chi connectivity index (χ3v) is 3.32. The van der Waals surface area contributed by atoms with Crippen molar-refractivity contribution in [2.24, 2.45) is 11.5 Å². The Labute approximate surface area is 117 Å². The second kappa shape index (κ2) is 5.72. The first-order valence-electron chi connectivity index (χ1n) is 5.60. The Bertz CT molecular complexity index is 493. The maximum absolute atomic E-state index is 6.16. The SMILES string of the molecule is N[C@H](c1cccc(Cl)c1)[C@@H](N)c1cccc(Cl)c1. The summed E-state index contributed by atoms with van der Waals surface area (Å²) < 4.78 is 0. The van der Waals surface area contributed by atoms with Crippen molar-refractivity contribution in [3.63, 3.8) is 0 Å². The van der Waals surface area contributed by atoms with Crippen LogP contribution in [0.3, 0.4) is 0 Å². The highest BCUT2D eigenvalue weighted by atomic mass is 35.5. The van der Waals surface area contributed by atoms with Crippen LogP contribution in [0.5, 0.6) is 0 Å². The van der Waals surface area contributed by atoms with Crippen molar-refractivity contribution in [3.8, 4) is 0 Å². The van der Waals surface area contributed by atoms with Crippen LogP contribution in [-0.4, -0.2) is 0 Å². The summed E-state index contributed by atoms with van der Waals surface area (Å²) in [6, 6.07) is 14.2. The summed E-state index contributed by atoms with van der Waals surface area (Å²) in [5.41, 5.74) is 14.1. The highest BCUT2D eigenvalue weighted by molar-refractivity contribution is 6.30. The number of benzene rings is 2. The van der Waals surface area contributed by atoms with Gasteiger partial charge in [0.25, 0.3) is 0 Å². The Morgan fingerprint density at radius 2 is 1.11 bits per heavy atom. The molecule has 0 saturated carbocycles. The van der Waals surface area contributed by atoms with Crippen molar-refractivity contribution >= 4 is 23.2 Å². The standard InChI is InChI=1S/C14H14Cl2N2/c15-11-5-1-3-9(7-11)13(17)14(18)10-4-2-6-12(16)8-10/h1-8,13-14H,17-18H2/t13-,14+. The van der Waals surface area contributed by atoms with Crippen LogP contribution in [0.15, 0.2) is 48.5 Å². The van der Waals surface area contributed by atoms with Crippen LogP contribution in [0, 0.1) is 0 Å². The summed E-state index contributed by atoms with van der Waals surface area (Å²) in [5.74, 6) is 0. The van der Waals surface area contributed by atoms with E-state index in [1.54, 1.807) is 0 Å². The molecule has 2 atom stereocenters. The Morgan fingerprint density at radius 3 is 1.44 bits per heavy atom. The van der Waals surface area contributed by atoms with Gasteiger partial charge in [0.15, 0.2) is 0 Å². The van der Waals surface area contributed by atoms with Crippen LogP contribution in [0.25, 0.3) is 0 Å².